The van der Waals surface area contributed by atoms with Gasteiger partial charge in [0.2, 0.25) is 12.2 Å². The lowest BCUT2D eigenvalue weighted by Crippen LogP contribution is -2.54. The standard InChI is InChI=1S/C31H41NO8/c1-22(33)32(18-9-4-2-3-8-12-27(35)24-10-6-5-7-11-24)19-17-25(34)20-23-13-15-26(16-14-23)40-31-30(38)29(37)28(36)21-39-31/h5-7,10-11,13-16,28-31,36-38H,2-4,8-9,12,17-21H2,1H3. The third-order valence-corrected chi connectivity index (χ3v) is 7.06. The van der Waals surface area contributed by atoms with E-state index in [0.717, 1.165) is 43.2 Å². The smallest absolute Gasteiger partial charge is 0.228 e. The number of benzene rings is 2. The predicted octanol–water partition coefficient (Wildman–Crippen LogP) is 3.08. The average Bonchev–Trinajstić information content (AvgIpc) is 2.95. The van der Waals surface area contributed by atoms with Crippen LogP contribution < -0.4 is 4.74 Å². The molecule has 0 spiro atoms. The van der Waals surface area contributed by atoms with Crippen molar-refractivity contribution in [2.24, 2.45) is 0 Å². The van der Waals surface area contributed by atoms with Gasteiger partial charge in [-0.05, 0) is 30.5 Å². The van der Waals surface area contributed by atoms with Crippen LogP contribution in [0.1, 0.15) is 67.8 Å². The number of nitrogens with zero attached hydrogens (tertiary/aromatic N) is 1. The van der Waals surface area contributed by atoms with E-state index < -0.39 is 24.6 Å². The summed E-state index contributed by atoms with van der Waals surface area (Å²) >= 11 is 0. The topological polar surface area (TPSA) is 134 Å². The van der Waals surface area contributed by atoms with Crippen LogP contribution in [0, 0.1) is 0 Å². The lowest BCUT2D eigenvalue weighted by Gasteiger charge is -2.34. The number of ether oxygens (including phenoxy) is 2. The highest BCUT2D eigenvalue weighted by molar-refractivity contribution is 5.95. The zero-order valence-corrected chi connectivity index (χ0v) is 23.1. The fourth-order valence-electron chi connectivity index (χ4n) is 4.59. The summed E-state index contributed by atoms with van der Waals surface area (Å²) in [4.78, 5) is 38.5. The van der Waals surface area contributed by atoms with E-state index in [9.17, 15) is 29.7 Å². The molecule has 9 heteroatoms. The third-order valence-electron chi connectivity index (χ3n) is 7.06. The van der Waals surface area contributed by atoms with Crippen LogP contribution in [-0.2, 0) is 20.7 Å². The van der Waals surface area contributed by atoms with E-state index in [1.807, 2.05) is 30.3 Å². The number of rotatable bonds is 16. The molecule has 2 aromatic carbocycles. The number of aliphatic hydroxyl groups excluding tert-OH is 3. The van der Waals surface area contributed by atoms with Gasteiger partial charge in [0.25, 0.3) is 0 Å². The van der Waals surface area contributed by atoms with Crippen molar-refractivity contribution in [2.75, 3.05) is 19.7 Å². The molecule has 0 saturated carbocycles. The fourth-order valence-corrected chi connectivity index (χ4v) is 4.59. The molecule has 4 unspecified atom stereocenters. The summed E-state index contributed by atoms with van der Waals surface area (Å²) in [5.74, 6) is 0.543. The van der Waals surface area contributed by atoms with Crippen molar-refractivity contribution < 1.29 is 39.2 Å². The lowest BCUT2D eigenvalue weighted by molar-refractivity contribution is -0.242. The Morgan fingerprint density at radius 2 is 1.52 bits per heavy atom. The second-order valence-corrected chi connectivity index (χ2v) is 10.3. The van der Waals surface area contributed by atoms with Crippen LogP contribution in [0.2, 0.25) is 0 Å². The second kappa shape index (κ2) is 16.2. The van der Waals surface area contributed by atoms with Gasteiger partial charge in [0.15, 0.2) is 5.78 Å². The van der Waals surface area contributed by atoms with Crippen molar-refractivity contribution in [1.29, 1.82) is 0 Å². The number of ketones is 2. The first-order chi connectivity index (χ1) is 19.2. The van der Waals surface area contributed by atoms with E-state index in [1.54, 1.807) is 29.2 Å². The minimum absolute atomic E-state index is 0.0196. The zero-order valence-electron chi connectivity index (χ0n) is 23.1. The highest BCUT2D eigenvalue weighted by Gasteiger charge is 2.39. The van der Waals surface area contributed by atoms with Crippen LogP contribution in [0.4, 0.5) is 0 Å². The Hall–Kier alpha value is -3.11. The van der Waals surface area contributed by atoms with Crippen LogP contribution in [0.3, 0.4) is 0 Å². The predicted molar refractivity (Wildman–Crippen MR) is 149 cm³/mol. The molecular weight excluding hydrogens is 514 g/mol. The molecule has 3 N–H and O–H groups in total. The number of hydrogen-bond acceptors (Lipinski definition) is 8. The van der Waals surface area contributed by atoms with Gasteiger partial charge in [-0.2, -0.15) is 0 Å². The summed E-state index contributed by atoms with van der Waals surface area (Å²) in [6.45, 7) is 2.36. The summed E-state index contributed by atoms with van der Waals surface area (Å²) < 4.78 is 10.8. The van der Waals surface area contributed by atoms with Gasteiger partial charge in [0.1, 0.15) is 29.8 Å². The van der Waals surface area contributed by atoms with E-state index in [2.05, 4.69) is 0 Å². The van der Waals surface area contributed by atoms with Crippen molar-refractivity contribution in [3.8, 4) is 5.75 Å². The summed E-state index contributed by atoms with van der Waals surface area (Å²) in [6.07, 6.45) is 0.680. The molecule has 1 fully saturated rings. The third kappa shape index (κ3) is 10.1. The number of hydrogen-bond donors (Lipinski definition) is 3. The molecule has 1 heterocycles. The van der Waals surface area contributed by atoms with Gasteiger partial charge < -0.3 is 29.7 Å². The van der Waals surface area contributed by atoms with Gasteiger partial charge in [-0.1, -0.05) is 61.7 Å². The summed E-state index contributed by atoms with van der Waals surface area (Å²) in [5.41, 5.74) is 1.55. The molecule has 1 amide bonds. The van der Waals surface area contributed by atoms with Crippen molar-refractivity contribution in [3.63, 3.8) is 0 Å². The Balaban J connectivity index is 1.30. The van der Waals surface area contributed by atoms with E-state index in [1.165, 1.54) is 6.92 Å². The van der Waals surface area contributed by atoms with E-state index in [4.69, 9.17) is 9.47 Å². The Labute approximate surface area is 235 Å². The van der Waals surface area contributed by atoms with Crippen LogP contribution in [0.15, 0.2) is 54.6 Å². The summed E-state index contributed by atoms with van der Waals surface area (Å²) in [6, 6.07) is 16.1. The highest BCUT2D eigenvalue weighted by atomic mass is 16.7. The van der Waals surface area contributed by atoms with Gasteiger partial charge in [0, 0.05) is 44.8 Å². The highest BCUT2D eigenvalue weighted by Crippen LogP contribution is 2.21. The van der Waals surface area contributed by atoms with Crippen molar-refractivity contribution in [3.05, 3.63) is 65.7 Å². The lowest BCUT2D eigenvalue weighted by atomic mass is 10.0. The van der Waals surface area contributed by atoms with Gasteiger partial charge in [0.05, 0.1) is 6.61 Å². The van der Waals surface area contributed by atoms with Gasteiger partial charge in [-0.25, -0.2) is 0 Å². The van der Waals surface area contributed by atoms with Gasteiger partial charge in [-0.3, -0.25) is 14.4 Å². The van der Waals surface area contributed by atoms with Crippen LogP contribution in [0.25, 0.3) is 0 Å². The Morgan fingerprint density at radius 3 is 2.23 bits per heavy atom. The van der Waals surface area contributed by atoms with Crippen LogP contribution >= 0.6 is 0 Å². The molecule has 1 saturated heterocycles. The maximum Gasteiger partial charge on any atom is 0.228 e. The summed E-state index contributed by atoms with van der Waals surface area (Å²) in [5, 5.41) is 29.3. The molecular formula is C31H41NO8. The minimum atomic E-state index is -1.38. The number of unbranched alkanes of at least 4 members (excludes halogenated alkanes) is 4. The van der Waals surface area contributed by atoms with Crippen molar-refractivity contribution in [1.82, 2.24) is 4.90 Å². The number of amides is 1. The molecule has 1 aliphatic heterocycles. The average molecular weight is 556 g/mol. The van der Waals surface area contributed by atoms with E-state index in [-0.39, 0.29) is 36.9 Å². The Morgan fingerprint density at radius 1 is 0.850 bits per heavy atom. The molecule has 9 nitrogen and oxygen atoms in total. The molecule has 218 valence electrons. The maximum atomic E-state index is 12.6. The van der Waals surface area contributed by atoms with Crippen molar-refractivity contribution >= 4 is 17.5 Å². The van der Waals surface area contributed by atoms with E-state index >= 15 is 0 Å². The molecule has 1 aliphatic rings. The quantitative estimate of drug-likeness (QED) is 0.213. The normalized spacial score (nSPS) is 20.6. The first-order valence-corrected chi connectivity index (χ1v) is 14.0. The molecule has 3 rings (SSSR count). The number of carbonyl (C=O) groups excluding carboxylic acids is 3. The SMILES string of the molecule is CC(=O)N(CCCCCCCC(=O)c1ccccc1)CCC(=O)Cc1ccc(OC2OCC(O)C(O)C2O)cc1. The molecule has 0 radical (unpaired) electrons. The molecule has 4 atom stereocenters. The number of carbonyl (C=O) groups is 3. The minimum Gasteiger partial charge on any atom is -0.462 e. The largest absolute Gasteiger partial charge is 0.462 e. The molecule has 0 bridgehead atoms. The first-order valence-electron chi connectivity index (χ1n) is 14.0. The van der Waals surface area contributed by atoms with Gasteiger partial charge in [-0.15, -0.1) is 0 Å². The van der Waals surface area contributed by atoms with E-state index in [0.29, 0.717) is 25.3 Å². The fraction of sp³-hybridized carbons (Fsp3) is 0.516. The van der Waals surface area contributed by atoms with Crippen LogP contribution in [-0.4, -0.2) is 82.0 Å². The molecule has 0 aromatic heterocycles. The molecule has 40 heavy (non-hydrogen) atoms. The summed E-state index contributed by atoms with van der Waals surface area (Å²) in [7, 11) is 0. The molecule has 2 aromatic rings. The van der Waals surface area contributed by atoms with Gasteiger partial charge >= 0.3 is 0 Å². The maximum absolute atomic E-state index is 12.6. The molecule has 0 aliphatic carbocycles. The second-order valence-electron chi connectivity index (χ2n) is 10.3. The number of aliphatic hydroxyl groups is 3. The Bertz CT molecular complexity index is 1070. The number of Topliss-reactive ketones (excluding diaryl/α,β-unsaturated/α-hetero) is 2. The van der Waals surface area contributed by atoms with Crippen molar-refractivity contribution in [2.45, 2.75) is 82.9 Å². The van der Waals surface area contributed by atoms with Crippen LogP contribution in [0.5, 0.6) is 5.75 Å². The first kappa shape index (κ1) is 31.4. The zero-order chi connectivity index (χ0) is 28.9. The Kier molecular flexibility index (Phi) is 12.7. The monoisotopic (exact) mass is 555 g/mol.